The zero-order valence-electron chi connectivity index (χ0n) is 38.2. The second-order valence-electron chi connectivity index (χ2n) is 23.4. The van der Waals surface area contributed by atoms with Crippen molar-refractivity contribution in [3.8, 4) is 0 Å². The Bertz CT molecular complexity index is 1680. The molecule has 7 rings (SSSR count). The van der Waals surface area contributed by atoms with E-state index in [-0.39, 0.29) is 69.3 Å². The fourth-order valence-corrected chi connectivity index (χ4v) is 15.8. The van der Waals surface area contributed by atoms with Gasteiger partial charge in [0.25, 0.3) is 0 Å². The average Bonchev–Trinajstić information content (AvgIpc) is 3.55. The molecule has 1 saturated heterocycles. The number of carboxylic acid groups (broad SMARTS) is 1. The second kappa shape index (κ2) is 14.6. The van der Waals surface area contributed by atoms with E-state index in [9.17, 15) is 19.5 Å². The van der Waals surface area contributed by atoms with Gasteiger partial charge in [0, 0.05) is 43.6 Å². The minimum Gasteiger partial charge on any atom is -0.481 e. The predicted molar refractivity (Wildman–Crippen MR) is 227 cm³/mol. The molecule has 0 aromatic rings. The van der Waals surface area contributed by atoms with Gasteiger partial charge in [-0.25, -0.2) is 0 Å². The van der Waals surface area contributed by atoms with E-state index in [1.165, 1.54) is 5.57 Å². The molecule has 9 nitrogen and oxygen atoms in total. The van der Waals surface area contributed by atoms with Crippen LogP contribution in [-0.2, 0) is 23.9 Å². The number of hydrogen-bond donors (Lipinski definition) is 2. The molecule has 0 aromatic carbocycles. The molecular weight excluding hydrogens is 727 g/mol. The van der Waals surface area contributed by atoms with Gasteiger partial charge in [0.05, 0.1) is 17.3 Å². The zero-order valence-corrected chi connectivity index (χ0v) is 38.2. The summed E-state index contributed by atoms with van der Waals surface area (Å²) in [4.78, 5) is 58.3. The van der Waals surface area contributed by atoms with Crippen LogP contribution in [-0.4, -0.2) is 83.5 Å². The van der Waals surface area contributed by atoms with Gasteiger partial charge < -0.3 is 25.0 Å². The van der Waals surface area contributed by atoms with Crippen LogP contribution in [0.2, 0.25) is 0 Å². The van der Waals surface area contributed by atoms with Gasteiger partial charge >= 0.3 is 11.9 Å². The molecule has 2 amide bonds. The van der Waals surface area contributed by atoms with Crippen molar-refractivity contribution in [1.29, 1.82) is 0 Å². The van der Waals surface area contributed by atoms with Crippen LogP contribution in [0.1, 0.15) is 153 Å². The highest BCUT2D eigenvalue weighted by molar-refractivity contribution is 5.86. The number of amides is 2. The maximum atomic E-state index is 15.1. The molecule has 12 atom stereocenters. The van der Waals surface area contributed by atoms with E-state index in [4.69, 9.17) is 4.74 Å². The first-order valence-electron chi connectivity index (χ1n) is 23.3. The molecule has 2 N–H and O–H groups in total. The third-order valence-corrected chi connectivity index (χ3v) is 19.9. The van der Waals surface area contributed by atoms with E-state index < -0.39 is 22.8 Å². The molecule has 6 saturated carbocycles. The molecule has 0 aromatic heterocycles. The van der Waals surface area contributed by atoms with Gasteiger partial charge in [-0.3, -0.25) is 19.2 Å². The Morgan fingerprint density at radius 3 is 2.09 bits per heavy atom. The molecule has 9 heteroatoms. The van der Waals surface area contributed by atoms with Crippen LogP contribution < -0.4 is 5.32 Å². The number of nitrogens with one attached hydrogen (secondary N) is 1. The summed E-state index contributed by atoms with van der Waals surface area (Å²) in [7, 11) is 0. The number of esters is 1. The van der Waals surface area contributed by atoms with Crippen molar-refractivity contribution in [1.82, 2.24) is 15.1 Å². The highest BCUT2D eigenvalue weighted by Crippen LogP contribution is 2.77. The monoisotopic (exact) mass is 806 g/mol. The van der Waals surface area contributed by atoms with Gasteiger partial charge in [0.2, 0.25) is 11.8 Å². The normalized spacial score (nSPS) is 43.1. The zero-order chi connectivity index (χ0) is 42.6. The van der Waals surface area contributed by atoms with Gasteiger partial charge in [0.1, 0.15) is 6.10 Å². The van der Waals surface area contributed by atoms with E-state index >= 15 is 4.79 Å². The van der Waals surface area contributed by atoms with Crippen LogP contribution >= 0.6 is 0 Å². The Morgan fingerprint density at radius 2 is 1.48 bits per heavy atom. The molecule has 6 aliphatic carbocycles. The van der Waals surface area contributed by atoms with Crippen LogP contribution in [0.5, 0.6) is 0 Å². The number of likely N-dealkylation sites (N-methyl/N-ethyl adjacent to an activating group) is 1. The Balaban J connectivity index is 1.08. The van der Waals surface area contributed by atoms with Crippen LogP contribution in [0.3, 0.4) is 0 Å². The Labute approximate surface area is 350 Å². The van der Waals surface area contributed by atoms with Crippen molar-refractivity contribution in [3.63, 3.8) is 0 Å². The molecule has 1 heterocycles. The first-order valence-corrected chi connectivity index (χ1v) is 23.3. The Morgan fingerprint density at radius 1 is 0.810 bits per heavy atom. The molecule has 0 unspecified atom stereocenters. The molecule has 58 heavy (non-hydrogen) atoms. The number of carbonyl (C=O) groups is 4. The lowest BCUT2D eigenvalue weighted by Crippen LogP contribution is -2.68. The number of allylic oxidation sites excluding steroid dienone is 1. The summed E-state index contributed by atoms with van der Waals surface area (Å²) in [5.41, 5.74) is -0.552. The minimum atomic E-state index is -1.16. The summed E-state index contributed by atoms with van der Waals surface area (Å²) in [5.74, 6) is 1.03. The van der Waals surface area contributed by atoms with E-state index in [2.05, 4.69) is 84.0 Å². The summed E-state index contributed by atoms with van der Waals surface area (Å²) in [6.45, 7) is 33.4. The highest BCUT2D eigenvalue weighted by Gasteiger charge is 2.72. The molecule has 0 spiro atoms. The number of fused-ring (bicyclic) bond motifs is 7. The van der Waals surface area contributed by atoms with Crippen molar-refractivity contribution < 1.29 is 29.0 Å². The number of hydrogen-bond acceptors (Lipinski definition) is 6. The maximum absolute atomic E-state index is 15.1. The number of rotatable bonds is 9. The number of aliphatic carboxylic acids is 1. The van der Waals surface area contributed by atoms with Gasteiger partial charge in [-0.15, -0.1) is 0 Å². The van der Waals surface area contributed by atoms with E-state index in [1.54, 1.807) is 13.8 Å². The largest absolute Gasteiger partial charge is 0.481 e. The van der Waals surface area contributed by atoms with E-state index in [0.717, 1.165) is 103 Å². The highest BCUT2D eigenvalue weighted by atomic mass is 16.5. The molecule has 7 aliphatic rings. The summed E-state index contributed by atoms with van der Waals surface area (Å²) >= 11 is 0. The van der Waals surface area contributed by atoms with Crippen molar-refractivity contribution in [2.24, 2.45) is 73.4 Å². The minimum absolute atomic E-state index is 0.00277. The molecule has 0 radical (unpaired) electrons. The lowest BCUT2D eigenvalue weighted by molar-refractivity contribution is -0.249. The number of ether oxygens (including phenoxy) is 1. The lowest BCUT2D eigenvalue weighted by atomic mass is 9.32. The maximum Gasteiger partial charge on any atom is 0.309 e. The standard InChI is InChI=1S/C49H79N3O6/c1-13-51-24-26-52(27-25-51)40(54)33-28-36(44(33,6)7)50-41(55)49-21-16-31(30(2)3)39(49)32-14-15-35-46(10)19-18-37(58-38(53)29-43(4,5)42(56)57)45(8,9)34(46)17-20-48(35,12)47(32,11)22-23-49/h31-37,39H,2,13-29H2,1,3-12H3,(H,50,55)(H,56,57)/t31-,32+,33-,34-,35+,36-,37-,39+,46-,47+,48+,49-/m0/s1. The Hall–Kier alpha value is -2.42. The predicted octanol–water partition coefficient (Wildman–Crippen LogP) is 8.75. The summed E-state index contributed by atoms with van der Waals surface area (Å²) in [6, 6.07) is 0.00277. The van der Waals surface area contributed by atoms with E-state index in [0.29, 0.717) is 23.7 Å². The van der Waals surface area contributed by atoms with Gasteiger partial charge in [0.15, 0.2) is 0 Å². The molecule has 0 bridgehead atoms. The van der Waals surface area contributed by atoms with Crippen molar-refractivity contribution in [2.75, 3.05) is 32.7 Å². The van der Waals surface area contributed by atoms with Crippen LogP contribution in [0, 0.1) is 73.4 Å². The van der Waals surface area contributed by atoms with Gasteiger partial charge in [-0.2, -0.15) is 0 Å². The summed E-state index contributed by atoms with van der Waals surface area (Å²) in [6.07, 6.45) is 10.6. The quantitative estimate of drug-likeness (QED) is 0.177. The van der Waals surface area contributed by atoms with E-state index in [1.807, 2.05) is 0 Å². The fraction of sp³-hybridized carbons (Fsp3) is 0.878. The third kappa shape index (κ3) is 6.45. The Kier molecular flexibility index (Phi) is 11.0. The molecule has 326 valence electrons. The molecular formula is C49H79N3O6. The third-order valence-electron chi connectivity index (χ3n) is 19.9. The lowest BCUT2D eigenvalue weighted by Gasteiger charge is -2.73. The van der Waals surface area contributed by atoms with Crippen molar-refractivity contribution >= 4 is 23.8 Å². The number of nitrogens with zero attached hydrogens (tertiary/aromatic N) is 2. The summed E-state index contributed by atoms with van der Waals surface area (Å²) < 4.78 is 6.20. The smallest absolute Gasteiger partial charge is 0.309 e. The van der Waals surface area contributed by atoms with Crippen LogP contribution in [0.25, 0.3) is 0 Å². The molecule has 1 aliphatic heterocycles. The second-order valence-corrected chi connectivity index (χ2v) is 23.4. The van der Waals surface area contributed by atoms with Gasteiger partial charge in [-0.05, 0) is 149 Å². The van der Waals surface area contributed by atoms with Crippen molar-refractivity contribution in [3.05, 3.63) is 12.2 Å². The summed E-state index contributed by atoms with van der Waals surface area (Å²) in [5, 5.41) is 13.3. The SMILES string of the molecule is C=C(C)[C@@H]1CC[C@]2(C(=O)N[C@H]3C[C@@H](C(=O)N4CCN(CC)CC4)C3(C)C)CC[C@]3(C)[C@H](CC[C@@H]4[C@@]5(C)CC[C@H](OC(=O)CC(C)(C)C(=O)O)C(C)(C)[C@@H]5CC[C@]43C)[C@@H]12. The number of carboxylic acids is 1. The molecule has 7 fully saturated rings. The number of carbonyl (C=O) groups excluding carboxylic acids is 3. The first-order chi connectivity index (χ1) is 26.9. The average molecular weight is 806 g/mol. The topological polar surface area (TPSA) is 116 Å². The van der Waals surface area contributed by atoms with Gasteiger partial charge in [-0.1, -0.05) is 67.5 Å². The first kappa shape index (κ1) is 43.7. The van der Waals surface area contributed by atoms with Crippen LogP contribution in [0.4, 0.5) is 0 Å². The number of piperazine rings is 1. The fourth-order valence-electron chi connectivity index (χ4n) is 15.8. The van der Waals surface area contributed by atoms with Crippen LogP contribution in [0.15, 0.2) is 12.2 Å². The van der Waals surface area contributed by atoms with Crippen molar-refractivity contribution in [2.45, 2.75) is 165 Å².